The van der Waals surface area contributed by atoms with Crippen LogP contribution in [0.4, 0.5) is 0 Å². The monoisotopic (exact) mass is 239 g/mol. The number of carbonyl (C=O) groups is 1. The molecule has 0 atom stereocenters. The minimum Gasteiger partial charge on any atom is -0.478 e. The fraction of sp³-hybridized carbons (Fsp3) is 0. The van der Waals surface area contributed by atoms with Gasteiger partial charge in [-0.15, -0.1) is 0 Å². The lowest BCUT2D eigenvalue weighted by Crippen LogP contribution is -1.96. The van der Waals surface area contributed by atoms with Crippen LogP contribution in [0.1, 0.15) is 10.4 Å². The van der Waals surface area contributed by atoms with Gasteiger partial charge < -0.3 is 5.11 Å². The van der Waals surface area contributed by atoms with Gasteiger partial charge in [0.15, 0.2) is 0 Å². The molecule has 0 aliphatic carbocycles. The Morgan fingerprint density at radius 2 is 2.20 bits per heavy atom. The highest BCUT2D eigenvalue weighted by Crippen LogP contribution is 2.28. The van der Waals surface area contributed by atoms with Gasteiger partial charge in [0.1, 0.15) is 0 Å². The molecule has 0 spiro atoms. The van der Waals surface area contributed by atoms with Crippen molar-refractivity contribution in [2.45, 2.75) is 0 Å². The molecule has 76 valence electrons. The zero-order valence-electron chi connectivity index (χ0n) is 7.48. The molecular weight excluding hydrogens is 234 g/mol. The molecule has 1 N–H and O–H groups in total. The summed E-state index contributed by atoms with van der Waals surface area (Å²) in [5, 5.41) is 11.2. The van der Waals surface area contributed by atoms with E-state index in [0.29, 0.717) is 16.3 Å². The maximum absolute atomic E-state index is 10.8. The molecule has 0 aliphatic rings. The van der Waals surface area contributed by atoms with Gasteiger partial charge in [0.05, 0.1) is 16.3 Å². The lowest BCUT2D eigenvalue weighted by molar-refractivity contribution is 0.0697. The molecule has 0 fully saturated rings. The Kier molecular flexibility index (Phi) is 2.70. The van der Waals surface area contributed by atoms with E-state index in [4.69, 9.17) is 16.7 Å². The van der Waals surface area contributed by atoms with Crippen molar-refractivity contribution in [1.82, 2.24) is 4.37 Å². The highest BCUT2D eigenvalue weighted by atomic mass is 35.5. The molecule has 0 aliphatic heterocycles. The Labute approximate surface area is 95.1 Å². The lowest BCUT2D eigenvalue weighted by Gasteiger charge is -2.01. The van der Waals surface area contributed by atoms with E-state index in [2.05, 4.69) is 4.37 Å². The minimum atomic E-state index is -0.969. The molecule has 1 heterocycles. The third-order valence-corrected chi connectivity index (χ3v) is 2.82. The van der Waals surface area contributed by atoms with Crippen molar-refractivity contribution in [3.05, 3.63) is 40.2 Å². The van der Waals surface area contributed by atoms with Crippen LogP contribution in [0, 0.1) is 0 Å². The number of carboxylic acids is 1. The lowest BCUT2D eigenvalue weighted by atomic mass is 10.1. The number of benzene rings is 1. The first-order valence-electron chi connectivity index (χ1n) is 4.12. The molecule has 3 nitrogen and oxygen atoms in total. The number of halogens is 1. The zero-order valence-corrected chi connectivity index (χ0v) is 9.05. The second-order valence-corrected chi connectivity index (χ2v) is 3.96. The minimum absolute atomic E-state index is 0.211. The average molecular weight is 240 g/mol. The van der Waals surface area contributed by atoms with Crippen molar-refractivity contribution < 1.29 is 9.90 Å². The maximum Gasteiger partial charge on any atom is 0.335 e. The van der Waals surface area contributed by atoms with Crippen molar-refractivity contribution in [2.75, 3.05) is 0 Å². The standard InChI is InChI=1S/C10H6ClNO2S/c11-8-2-1-6(10(13)14)5-7(8)9-3-4-15-12-9/h1-5H,(H,13,14). The summed E-state index contributed by atoms with van der Waals surface area (Å²) in [7, 11) is 0. The summed E-state index contributed by atoms with van der Waals surface area (Å²) in [4.78, 5) is 10.8. The maximum atomic E-state index is 10.8. The van der Waals surface area contributed by atoms with Gasteiger partial charge >= 0.3 is 5.97 Å². The van der Waals surface area contributed by atoms with Crippen molar-refractivity contribution in [2.24, 2.45) is 0 Å². The molecule has 2 aromatic rings. The number of aromatic nitrogens is 1. The van der Waals surface area contributed by atoms with E-state index in [1.807, 2.05) is 5.38 Å². The molecule has 15 heavy (non-hydrogen) atoms. The summed E-state index contributed by atoms with van der Waals surface area (Å²) in [6, 6.07) is 6.37. The molecule has 1 aromatic carbocycles. The Morgan fingerprint density at radius 3 is 2.80 bits per heavy atom. The normalized spacial score (nSPS) is 10.2. The molecule has 0 radical (unpaired) electrons. The Bertz CT molecular complexity index is 496. The van der Waals surface area contributed by atoms with Gasteiger partial charge in [-0.05, 0) is 35.8 Å². The van der Waals surface area contributed by atoms with Crippen LogP contribution < -0.4 is 0 Å². The molecule has 1 aromatic heterocycles. The van der Waals surface area contributed by atoms with Crippen LogP contribution in [0.25, 0.3) is 11.3 Å². The third kappa shape index (κ3) is 2.00. The first-order valence-corrected chi connectivity index (χ1v) is 5.33. The molecule has 0 bridgehead atoms. The summed E-state index contributed by atoms with van der Waals surface area (Å²) in [5.74, 6) is -0.969. The van der Waals surface area contributed by atoms with Gasteiger partial charge in [-0.3, -0.25) is 0 Å². The number of carboxylic acid groups (broad SMARTS) is 1. The largest absolute Gasteiger partial charge is 0.478 e. The SMILES string of the molecule is O=C(O)c1ccc(Cl)c(-c2ccsn2)c1. The number of nitrogens with zero attached hydrogens (tertiary/aromatic N) is 1. The Morgan fingerprint density at radius 1 is 1.40 bits per heavy atom. The van der Waals surface area contributed by atoms with E-state index in [9.17, 15) is 4.79 Å². The molecular formula is C10H6ClNO2S. The van der Waals surface area contributed by atoms with Crippen LogP contribution >= 0.6 is 23.1 Å². The summed E-state index contributed by atoms with van der Waals surface area (Å²) >= 11 is 7.27. The zero-order chi connectivity index (χ0) is 10.8. The molecule has 0 amide bonds. The summed E-state index contributed by atoms with van der Waals surface area (Å²) in [6.45, 7) is 0. The van der Waals surface area contributed by atoms with Gasteiger partial charge in [0.2, 0.25) is 0 Å². The van der Waals surface area contributed by atoms with E-state index < -0.39 is 5.97 Å². The quantitative estimate of drug-likeness (QED) is 0.876. The second kappa shape index (κ2) is 4.00. The van der Waals surface area contributed by atoms with Gasteiger partial charge in [0.25, 0.3) is 0 Å². The van der Waals surface area contributed by atoms with Crippen LogP contribution in [0.2, 0.25) is 5.02 Å². The van der Waals surface area contributed by atoms with Gasteiger partial charge in [0, 0.05) is 10.9 Å². The number of hydrogen-bond donors (Lipinski definition) is 1. The number of rotatable bonds is 2. The average Bonchev–Trinajstić information content (AvgIpc) is 2.71. The molecule has 5 heteroatoms. The smallest absolute Gasteiger partial charge is 0.335 e. The topological polar surface area (TPSA) is 50.2 Å². The second-order valence-electron chi connectivity index (χ2n) is 2.88. The van der Waals surface area contributed by atoms with Crippen molar-refractivity contribution in [3.63, 3.8) is 0 Å². The number of hydrogen-bond acceptors (Lipinski definition) is 3. The van der Waals surface area contributed by atoms with Crippen LogP contribution in [0.15, 0.2) is 29.6 Å². The summed E-state index contributed by atoms with van der Waals surface area (Å²) in [6.07, 6.45) is 0. The van der Waals surface area contributed by atoms with E-state index in [1.165, 1.54) is 23.7 Å². The first-order chi connectivity index (χ1) is 7.18. The molecule has 0 saturated carbocycles. The predicted molar refractivity (Wildman–Crippen MR) is 59.5 cm³/mol. The first kappa shape index (κ1) is 10.1. The van der Waals surface area contributed by atoms with E-state index in [1.54, 1.807) is 12.1 Å². The fourth-order valence-corrected chi connectivity index (χ4v) is 1.94. The molecule has 2 rings (SSSR count). The summed E-state index contributed by atoms with van der Waals surface area (Å²) in [5.41, 5.74) is 1.56. The van der Waals surface area contributed by atoms with E-state index in [0.717, 1.165) is 0 Å². The van der Waals surface area contributed by atoms with Crippen LogP contribution in [-0.4, -0.2) is 15.4 Å². The van der Waals surface area contributed by atoms with Crippen LogP contribution in [0.5, 0.6) is 0 Å². The Balaban J connectivity index is 2.55. The summed E-state index contributed by atoms with van der Waals surface area (Å²) < 4.78 is 4.11. The van der Waals surface area contributed by atoms with Gasteiger partial charge in [-0.2, -0.15) is 4.37 Å². The highest BCUT2D eigenvalue weighted by Gasteiger charge is 2.09. The van der Waals surface area contributed by atoms with E-state index >= 15 is 0 Å². The van der Waals surface area contributed by atoms with Crippen molar-refractivity contribution >= 4 is 29.1 Å². The van der Waals surface area contributed by atoms with Crippen LogP contribution in [-0.2, 0) is 0 Å². The number of aromatic carboxylic acids is 1. The van der Waals surface area contributed by atoms with Gasteiger partial charge in [-0.25, -0.2) is 4.79 Å². The molecule has 0 saturated heterocycles. The predicted octanol–water partition coefficient (Wildman–Crippen LogP) is 3.16. The van der Waals surface area contributed by atoms with Crippen molar-refractivity contribution in [3.8, 4) is 11.3 Å². The van der Waals surface area contributed by atoms with Gasteiger partial charge in [-0.1, -0.05) is 11.6 Å². The van der Waals surface area contributed by atoms with Crippen LogP contribution in [0.3, 0.4) is 0 Å². The van der Waals surface area contributed by atoms with Crippen molar-refractivity contribution in [1.29, 1.82) is 0 Å². The Hall–Kier alpha value is -1.39. The van der Waals surface area contributed by atoms with E-state index in [-0.39, 0.29) is 5.56 Å². The molecule has 0 unspecified atom stereocenters. The third-order valence-electron chi connectivity index (χ3n) is 1.93. The fourth-order valence-electron chi connectivity index (χ4n) is 1.21. The highest BCUT2D eigenvalue weighted by molar-refractivity contribution is 7.03.